The number of morpholine rings is 1. The van der Waals surface area contributed by atoms with Gasteiger partial charge < -0.3 is 9.64 Å². The van der Waals surface area contributed by atoms with Crippen LogP contribution in [0.25, 0.3) is 0 Å². The summed E-state index contributed by atoms with van der Waals surface area (Å²) in [6.07, 6.45) is 0.226. The fourth-order valence-corrected chi connectivity index (χ4v) is 6.44. The van der Waals surface area contributed by atoms with Gasteiger partial charge >= 0.3 is 0 Å². The average molecular weight is 522 g/mol. The lowest BCUT2D eigenvalue weighted by atomic mass is 9.79. The highest BCUT2D eigenvalue weighted by molar-refractivity contribution is 7.92. The lowest BCUT2D eigenvalue weighted by Gasteiger charge is -2.37. The third-order valence-corrected chi connectivity index (χ3v) is 9.88. The van der Waals surface area contributed by atoms with Crippen LogP contribution in [-0.2, 0) is 25.8 Å². The molecule has 0 aromatic heterocycles. The van der Waals surface area contributed by atoms with Crippen LogP contribution in [0.1, 0.15) is 65.9 Å². The third kappa shape index (κ3) is 6.01. The van der Waals surface area contributed by atoms with Crippen molar-refractivity contribution in [3.05, 3.63) is 28.8 Å². The van der Waals surface area contributed by atoms with Crippen LogP contribution in [0.3, 0.4) is 0 Å². The number of carbonyl (C=O) groups is 1. The molecule has 0 amide bonds. The summed E-state index contributed by atoms with van der Waals surface area (Å²) in [5.74, 6) is -7.23. The largest absolute Gasteiger partial charge is 0.372 e. The van der Waals surface area contributed by atoms with Crippen molar-refractivity contribution >= 4 is 21.3 Å². The molecule has 10 heteroatoms. The summed E-state index contributed by atoms with van der Waals surface area (Å²) in [6.45, 7) is 8.48. The van der Waals surface area contributed by atoms with E-state index in [0.29, 0.717) is 25.7 Å². The van der Waals surface area contributed by atoms with E-state index in [1.54, 1.807) is 34.6 Å². The molecule has 2 aliphatic rings. The predicted molar refractivity (Wildman–Crippen MR) is 126 cm³/mol. The van der Waals surface area contributed by atoms with Gasteiger partial charge in [0.2, 0.25) is 0 Å². The zero-order chi connectivity index (χ0) is 26.3. The normalized spacial score (nSPS) is 26.1. The van der Waals surface area contributed by atoms with Crippen molar-refractivity contribution in [1.29, 1.82) is 0 Å². The minimum atomic E-state index is -3.30. The number of halogens is 4. The Balaban J connectivity index is 1.71. The molecule has 2 atom stereocenters. The van der Waals surface area contributed by atoms with E-state index in [0.717, 1.165) is 0 Å². The van der Waals surface area contributed by atoms with Crippen molar-refractivity contribution in [2.45, 2.75) is 83.7 Å². The molecule has 0 radical (unpaired) electrons. The third-order valence-electron chi connectivity index (χ3n) is 7.11. The molecule has 2 fully saturated rings. The van der Waals surface area contributed by atoms with Crippen molar-refractivity contribution in [1.82, 2.24) is 0 Å². The molecule has 1 saturated heterocycles. The summed E-state index contributed by atoms with van der Waals surface area (Å²) in [6, 6.07) is 0. The molecule has 35 heavy (non-hydrogen) atoms. The van der Waals surface area contributed by atoms with E-state index in [1.165, 1.54) is 4.90 Å². The zero-order valence-electron chi connectivity index (χ0n) is 21.0. The fourth-order valence-electron chi connectivity index (χ4n) is 4.99. The maximum Gasteiger partial charge on any atom is 0.185 e. The maximum absolute atomic E-state index is 14.9. The minimum absolute atomic E-state index is 0.0251. The first kappa shape index (κ1) is 27.9. The standard InChI is InChI=1S/C25H35F4NO4S/c1-14-11-30(12-15(2)34-14)24-22(28)20(26)18(21(27)23(24)29)10-19(31)17-8-6-16(7-9-17)13-35(32,33)25(3,4)5/h14-17H,6-13H2,1-5H3/t14-,15+,16?,17?. The van der Waals surface area contributed by atoms with Crippen molar-refractivity contribution in [2.24, 2.45) is 11.8 Å². The Morgan fingerprint density at radius 2 is 1.40 bits per heavy atom. The van der Waals surface area contributed by atoms with Gasteiger partial charge in [0.25, 0.3) is 0 Å². The summed E-state index contributed by atoms with van der Waals surface area (Å²) in [5.41, 5.74) is -1.68. The smallest absolute Gasteiger partial charge is 0.185 e. The number of hydrogen-bond donors (Lipinski definition) is 0. The van der Waals surface area contributed by atoms with Crippen molar-refractivity contribution < 1.29 is 35.5 Å². The molecule has 198 valence electrons. The molecule has 0 N–H and O–H groups in total. The van der Waals surface area contributed by atoms with E-state index in [4.69, 9.17) is 4.74 Å². The topological polar surface area (TPSA) is 63.7 Å². The number of ether oxygens (including phenoxy) is 1. The first-order valence-electron chi connectivity index (χ1n) is 12.1. The van der Waals surface area contributed by atoms with E-state index in [9.17, 15) is 30.8 Å². The van der Waals surface area contributed by atoms with Gasteiger partial charge in [0.1, 0.15) is 11.5 Å². The van der Waals surface area contributed by atoms with Crippen molar-refractivity contribution in [3.63, 3.8) is 0 Å². The molecule has 1 saturated carbocycles. The predicted octanol–water partition coefficient (Wildman–Crippen LogP) is 4.99. The Kier molecular flexibility index (Phi) is 8.26. The zero-order valence-corrected chi connectivity index (χ0v) is 21.8. The van der Waals surface area contributed by atoms with Crippen LogP contribution in [-0.4, -0.2) is 50.0 Å². The molecule has 1 heterocycles. The number of anilines is 1. The van der Waals surface area contributed by atoms with Crippen LogP contribution >= 0.6 is 0 Å². The fraction of sp³-hybridized carbons (Fsp3) is 0.720. The van der Waals surface area contributed by atoms with Crippen molar-refractivity contribution in [2.75, 3.05) is 23.7 Å². The molecule has 1 aliphatic carbocycles. The Hall–Kier alpha value is -1.68. The number of carbonyl (C=O) groups excluding carboxylic acids is 1. The summed E-state index contributed by atoms with van der Waals surface area (Å²) in [5, 5.41) is 0. The molecule has 0 bridgehead atoms. The van der Waals surface area contributed by atoms with E-state index in [1.807, 2.05) is 0 Å². The molecule has 5 nitrogen and oxygen atoms in total. The first-order chi connectivity index (χ1) is 16.1. The number of nitrogens with zero attached hydrogens (tertiary/aromatic N) is 1. The first-order valence-corrected chi connectivity index (χ1v) is 13.8. The number of benzene rings is 1. The van der Waals surface area contributed by atoms with Crippen LogP contribution in [0.15, 0.2) is 0 Å². The van der Waals surface area contributed by atoms with Crippen LogP contribution in [0.5, 0.6) is 0 Å². The van der Waals surface area contributed by atoms with E-state index >= 15 is 0 Å². The van der Waals surface area contributed by atoms with Gasteiger partial charge in [0.15, 0.2) is 33.1 Å². The highest BCUT2D eigenvalue weighted by atomic mass is 32.2. The Morgan fingerprint density at radius 3 is 1.86 bits per heavy atom. The van der Waals surface area contributed by atoms with Gasteiger partial charge in [-0.05, 0) is 66.2 Å². The van der Waals surface area contributed by atoms with Gasteiger partial charge in [0, 0.05) is 31.0 Å². The molecular formula is C25H35F4NO4S. The summed E-state index contributed by atoms with van der Waals surface area (Å²) < 4.78 is 89.2. The summed E-state index contributed by atoms with van der Waals surface area (Å²) >= 11 is 0. The van der Waals surface area contributed by atoms with Gasteiger partial charge in [-0.25, -0.2) is 26.0 Å². The number of hydrogen-bond acceptors (Lipinski definition) is 5. The Morgan fingerprint density at radius 1 is 0.914 bits per heavy atom. The highest BCUT2D eigenvalue weighted by Crippen LogP contribution is 2.36. The van der Waals surface area contributed by atoms with Gasteiger partial charge in [-0.15, -0.1) is 0 Å². The second kappa shape index (κ2) is 10.4. The molecule has 0 spiro atoms. The van der Waals surface area contributed by atoms with Gasteiger partial charge in [-0.3, -0.25) is 4.79 Å². The second-order valence-corrected chi connectivity index (χ2v) is 13.8. The Bertz CT molecular complexity index is 1020. The average Bonchev–Trinajstić information content (AvgIpc) is 2.74. The van der Waals surface area contributed by atoms with Gasteiger partial charge in [0.05, 0.1) is 22.7 Å². The summed E-state index contributed by atoms with van der Waals surface area (Å²) in [7, 11) is -3.30. The number of ketones is 1. The van der Waals surface area contributed by atoms with Gasteiger partial charge in [-0.2, -0.15) is 0 Å². The number of rotatable bonds is 6. The highest BCUT2D eigenvalue weighted by Gasteiger charge is 2.36. The second-order valence-electron chi connectivity index (χ2n) is 11.0. The lowest BCUT2D eigenvalue weighted by molar-refractivity contribution is -0.123. The molecule has 0 unspecified atom stereocenters. The van der Waals surface area contributed by atoms with E-state index < -0.39 is 67.2 Å². The molecule has 1 aliphatic heterocycles. The monoisotopic (exact) mass is 521 g/mol. The lowest BCUT2D eigenvalue weighted by Crippen LogP contribution is -2.46. The van der Waals surface area contributed by atoms with Crippen LogP contribution in [0.4, 0.5) is 23.2 Å². The maximum atomic E-state index is 14.9. The SMILES string of the molecule is C[C@@H]1CN(c2c(F)c(F)c(CC(=O)C3CCC(CS(=O)(=O)C(C)(C)C)CC3)c(F)c2F)C[C@H](C)O1. The summed E-state index contributed by atoms with van der Waals surface area (Å²) in [4.78, 5) is 14.0. The number of Topliss-reactive ketones (excluding diaryl/α,β-unsaturated/α-hetero) is 1. The van der Waals surface area contributed by atoms with Gasteiger partial charge in [-0.1, -0.05) is 0 Å². The van der Waals surface area contributed by atoms with Crippen LogP contribution < -0.4 is 4.90 Å². The van der Waals surface area contributed by atoms with Crippen molar-refractivity contribution in [3.8, 4) is 0 Å². The minimum Gasteiger partial charge on any atom is -0.372 e. The van der Waals surface area contributed by atoms with Crippen LogP contribution in [0.2, 0.25) is 0 Å². The molecule has 1 aromatic rings. The Labute approximate surface area is 205 Å². The molecule has 1 aromatic carbocycles. The molecular weight excluding hydrogens is 486 g/mol. The number of sulfone groups is 1. The van der Waals surface area contributed by atoms with Crippen LogP contribution in [0, 0.1) is 35.1 Å². The molecule has 3 rings (SSSR count). The van der Waals surface area contributed by atoms with E-state index in [2.05, 4.69) is 0 Å². The quantitative estimate of drug-likeness (QED) is 0.390. The van der Waals surface area contributed by atoms with E-state index in [-0.39, 0.29) is 37.0 Å².